The highest BCUT2D eigenvalue weighted by Crippen LogP contribution is 2.35. The van der Waals surface area contributed by atoms with Crippen LogP contribution in [-0.2, 0) is 6.42 Å². The van der Waals surface area contributed by atoms with E-state index >= 15 is 0 Å². The molecule has 21 heavy (non-hydrogen) atoms. The number of likely N-dealkylation sites (N-methyl/N-ethyl adjacent to an activating group) is 1. The van der Waals surface area contributed by atoms with Gasteiger partial charge in [-0.1, -0.05) is 48.5 Å². The van der Waals surface area contributed by atoms with Gasteiger partial charge in [0.05, 0.1) is 0 Å². The molecule has 0 atom stereocenters. The number of benzene rings is 2. The summed E-state index contributed by atoms with van der Waals surface area (Å²) in [6, 6.07) is 16.1. The first-order valence-corrected chi connectivity index (χ1v) is 7.12. The minimum atomic E-state index is 0.163. The number of carbonyl (C=O) groups is 1. The maximum atomic E-state index is 12.6. The third-order valence-electron chi connectivity index (χ3n) is 4.29. The summed E-state index contributed by atoms with van der Waals surface area (Å²) in [7, 11) is 2.03. The lowest BCUT2D eigenvalue weighted by Gasteiger charge is -2.27. The standard InChI is InChI=1S/C19H15NO/c1-20-17-9-5-3-6-13(17)10-11-18(20)16-12-14-7-2-4-8-15(14)19(16)21/h2-11H,12H2,1H3/b18-16-. The molecule has 0 spiro atoms. The van der Waals surface area contributed by atoms with Crippen LogP contribution >= 0.6 is 0 Å². The Hall–Kier alpha value is -2.61. The van der Waals surface area contributed by atoms with E-state index in [0.29, 0.717) is 0 Å². The van der Waals surface area contributed by atoms with Crippen molar-refractivity contribution < 1.29 is 4.79 Å². The highest BCUT2D eigenvalue weighted by atomic mass is 16.1. The molecule has 0 N–H and O–H groups in total. The topological polar surface area (TPSA) is 20.3 Å². The first-order valence-electron chi connectivity index (χ1n) is 7.12. The summed E-state index contributed by atoms with van der Waals surface area (Å²) in [5.41, 5.74) is 6.21. The number of anilines is 1. The Bertz CT molecular complexity index is 814. The molecule has 102 valence electrons. The molecule has 1 aliphatic heterocycles. The Balaban J connectivity index is 1.84. The SMILES string of the molecule is CN1/C(=C2/Cc3ccccc3C2=O)C=Cc2ccccc21. The number of hydrogen-bond acceptors (Lipinski definition) is 2. The van der Waals surface area contributed by atoms with Crippen molar-refractivity contribution in [2.45, 2.75) is 6.42 Å². The van der Waals surface area contributed by atoms with Crippen molar-refractivity contribution in [1.82, 2.24) is 0 Å². The zero-order chi connectivity index (χ0) is 14.4. The van der Waals surface area contributed by atoms with E-state index in [4.69, 9.17) is 0 Å². The second-order valence-corrected chi connectivity index (χ2v) is 5.48. The largest absolute Gasteiger partial charge is 0.344 e. The van der Waals surface area contributed by atoms with Gasteiger partial charge in [0, 0.05) is 36.0 Å². The van der Waals surface area contributed by atoms with Crippen LogP contribution in [0.15, 0.2) is 65.9 Å². The lowest BCUT2D eigenvalue weighted by Crippen LogP contribution is -2.21. The van der Waals surface area contributed by atoms with Gasteiger partial charge in [0.25, 0.3) is 0 Å². The molecule has 2 heteroatoms. The normalized spacial score (nSPS) is 19.7. The van der Waals surface area contributed by atoms with Crippen molar-refractivity contribution in [3.05, 3.63) is 82.6 Å². The number of carbonyl (C=O) groups excluding carboxylic acids is 1. The molecule has 0 fully saturated rings. The fourth-order valence-electron chi connectivity index (χ4n) is 3.18. The Labute approximate surface area is 124 Å². The fourth-order valence-corrected chi connectivity index (χ4v) is 3.18. The molecule has 0 bridgehead atoms. The first kappa shape index (κ1) is 12.2. The monoisotopic (exact) mass is 273 g/mol. The van der Waals surface area contributed by atoms with Crippen LogP contribution in [0.5, 0.6) is 0 Å². The summed E-state index contributed by atoms with van der Waals surface area (Å²) in [4.78, 5) is 14.8. The molecule has 2 nitrogen and oxygen atoms in total. The van der Waals surface area contributed by atoms with Crippen LogP contribution in [0.3, 0.4) is 0 Å². The van der Waals surface area contributed by atoms with E-state index in [1.165, 1.54) is 5.56 Å². The van der Waals surface area contributed by atoms with Crippen molar-refractivity contribution in [2.24, 2.45) is 0 Å². The third kappa shape index (κ3) is 1.76. The predicted octanol–water partition coefficient (Wildman–Crippen LogP) is 3.84. The molecule has 2 aromatic rings. The summed E-state index contributed by atoms with van der Waals surface area (Å²) in [5.74, 6) is 0.163. The van der Waals surface area contributed by atoms with Crippen LogP contribution in [0.1, 0.15) is 21.5 Å². The lowest BCUT2D eigenvalue weighted by atomic mass is 10.0. The minimum absolute atomic E-state index is 0.163. The minimum Gasteiger partial charge on any atom is -0.344 e. The molecule has 0 amide bonds. The second kappa shape index (κ2) is 4.45. The van der Waals surface area contributed by atoms with Gasteiger partial charge in [-0.25, -0.2) is 0 Å². The number of para-hydroxylation sites is 1. The number of Topliss-reactive ketones (excluding diaryl/α,β-unsaturated/α-hetero) is 1. The van der Waals surface area contributed by atoms with Crippen LogP contribution < -0.4 is 4.90 Å². The van der Waals surface area contributed by atoms with Crippen molar-refractivity contribution >= 4 is 17.5 Å². The van der Waals surface area contributed by atoms with Crippen LogP contribution in [-0.4, -0.2) is 12.8 Å². The number of rotatable bonds is 0. The number of fused-ring (bicyclic) bond motifs is 2. The molecule has 0 saturated heterocycles. The first-order chi connectivity index (χ1) is 10.3. The van der Waals surface area contributed by atoms with E-state index in [-0.39, 0.29) is 5.78 Å². The maximum absolute atomic E-state index is 12.6. The molecule has 2 aliphatic rings. The average Bonchev–Trinajstić information content (AvgIpc) is 2.85. The molecule has 0 aromatic heterocycles. The highest BCUT2D eigenvalue weighted by molar-refractivity contribution is 6.14. The Morgan fingerprint density at radius 2 is 1.71 bits per heavy atom. The van der Waals surface area contributed by atoms with Gasteiger partial charge in [-0.2, -0.15) is 0 Å². The summed E-state index contributed by atoms with van der Waals surface area (Å²) in [6.07, 6.45) is 4.87. The number of hydrogen-bond donors (Lipinski definition) is 0. The van der Waals surface area contributed by atoms with Gasteiger partial charge in [0.2, 0.25) is 0 Å². The van der Waals surface area contributed by atoms with Crippen molar-refractivity contribution in [2.75, 3.05) is 11.9 Å². The van der Waals surface area contributed by atoms with Crippen LogP contribution in [0.4, 0.5) is 5.69 Å². The number of allylic oxidation sites excluding steroid dienone is 2. The summed E-state index contributed by atoms with van der Waals surface area (Å²) in [6.45, 7) is 0. The molecule has 0 saturated carbocycles. The zero-order valence-electron chi connectivity index (χ0n) is 11.8. The van der Waals surface area contributed by atoms with E-state index < -0.39 is 0 Å². The van der Waals surface area contributed by atoms with E-state index in [1.807, 2.05) is 43.4 Å². The molecule has 0 unspecified atom stereocenters. The average molecular weight is 273 g/mol. The number of nitrogens with zero attached hydrogens (tertiary/aromatic N) is 1. The zero-order valence-corrected chi connectivity index (χ0v) is 11.8. The van der Waals surface area contributed by atoms with Gasteiger partial charge in [0.15, 0.2) is 5.78 Å². The van der Waals surface area contributed by atoms with E-state index in [2.05, 4.69) is 29.2 Å². The predicted molar refractivity (Wildman–Crippen MR) is 85.4 cm³/mol. The van der Waals surface area contributed by atoms with Gasteiger partial charge in [0.1, 0.15) is 0 Å². The third-order valence-corrected chi connectivity index (χ3v) is 4.29. The Kier molecular flexibility index (Phi) is 2.58. The molecular formula is C19H15NO. The van der Waals surface area contributed by atoms with Crippen molar-refractivity contribution in [3.8, 4) is 0 Å². The van der Waals surface area contributed by atoms with Crippen molar-refractivity contribution in [1.29, 1.82) is 0 Å². The molecular weight excluding hydrogens is 258 g/mol. The molecule has 1 heterocycles. The quantitative estimate of drug-likeness (QED) is 0.680. The van der Waals surface area contributed by atoms with E-state index in [0.717, 1.165) is 34.5 Å². The summed E-state index contributed by atoms with van der Waals surface area (Å²) in [5, 5.41) is 0. The van der Waals surface area contributed by atoms with Gasteiger partial charge in [-0.15, -0.1) is 0 Å². The fraction of sp³-hybridized carbons (Fsp3) is 0.105. The van der Waals surface area contributed by atoms with Crippen LogP contribution in [0, 0.1) is 0 Å². The summed E-state index contributed by atoms with van der Waals surface area (Å²) >= 11 is 0. The lowest BCUT2D eigenvalue weighted by molar-refractivity contribution is 0.103. The molecule has 4 rings (SSSR count). The maximum Gasteiger partial charge on any atom is 0.191 e. The van der Waals surface area contributed by atoms with Gasteiger partial charge < -0.3 is 4.90 Å². The van der Waals surface area contributed by atoms with Gasteiger partial charge in [-0.05, 0) is 23.3 Å². The Morgan fingerprint density at radius 3 is 2.57 bits per heavy atom. The van der Waals surface area contributed by atoms with Crippen LogP contribution in [0.25, 0.3) is 6.08 Å². The Morgan fingerprint density at radius 1 is 0.952 bits per heavy atom. The number of ketones is 1. The smallest absolute Gasteiger partial charge is 0.191 e. The van der Waals surface area contributed by atoms with E-state index in [9.17, 15) is 4.79 Å². The van der Waals surface area contributed by atoms with Gasteiger partial charge in [-0.3, -0.25) is 4.79 Å². The second-order valence-electron chi connectivity index (χ2n) is 5.48. The highest BCUT2D eigenvalue weighted by Gasteiger charge is 2.29. The van der Waals surface area contributed by atoms with Gasteiger partial charge >= 0.3 is 0 Å². The molecule has 1 aliphatic carbocycles. The van der Waals surface area contributed by atoms with E-state index in [1.54, 1.807) is 0 Å². The summed E-state index contributed by atoms with van der Waals surface area (Å²) < 4.78 is 0. The van der Waals surface area contributed by atoms with Crippen molar-refractivity contribution in [3.63, 3.8) is 0 Å². The molecule has 0 radical (unpaired) electrons. The van der Waals surface area contributed by atoms with Crippen LogP contribution in [0.2, 0.25) is 0 Å². The molecule has 2 aromatic carbocycles.